The van der Waals surface area contributed by atoms with Gasteiger partial charge in [-0.2, -0.15) is 5.10 Å². The van der Waals surface area contributed by atoms with Crippen molar-refractivity contribution >= 4 is 16.9 Å². The predicted molar refractivity (Wildman–Crippen MR) is 97.8 cm³/mol. The third kappa shape index (κ3) is 3.40. The summed E-state index contributed by atoms with van der Waals surface area (Å²) in [5.74, 6) is 1.19. The summed E-state index contributed by atoms with van der Waals surface area (Å²) in [6.45, 7) is 3.68. The molecule has 6 nitrogen and oxygen atoms in total. The summed E-state index contributed by atoms with van der Waals surface area (Å²) in [6, 6.07) is 2.34. The Labute approximate surface area is 148 Å². The van der Waals surface area contributed by atoms with Crippen molar-refractivity contribution < 1.29 is 4.79 Å². The van der Waals surface area contributed by atoms with Crippen molar-refractivity contribution in [2.75, 3.05) is 27.2 Å². The molecule has 1 N–H and O–H groups in total. The van der Waals surface area contributed by atoms with Crippen LogP contribution in [0.25, 0.3) is 11.0 Å². The molecule has 0 saturated heterocycles. The molecule has 0 aliphatic heterocycles. The first-order valence-corrected chi connectivity index (χ1v) is 9.35. The van der Waals surface area contributed by atoms with Gasteiger partial charge in [-0.05, 0) is 58.7 Å². The first kappa shape index (κ1) is 16.5. The van der Waals surface area contributed by atoms with Gasteiger partial charge < -0.3 is 10.2 Å². The molecular weight excluding hydrogens is 314 g/mol. The number of hydrogen-bond donors (Lipinski definition) is 1. The third-order valence-corrected chi connectivity index (χ3v) is 5.36. The molecule has 2 aliphatic rings. The molecule has 6 heteroatoms. The SMILES string of the molecule is CC(C1CC1)n1ncc2c(C(=O)NCCN(C)C)cc(C3CC3)nc21. The Hall–Kier alpha value is -1.95. The zero-order valence-electron chi connectivity index (χ0n) is 15.3. The molecule has 134 valence electrons. The number of carbonyl (C=O) groups is 1. The molecule has 1 atom stereocenters. The Kier molecular flexibility index (Phi) is 4.23. The van der Waals surface area contributed by atoms with Gasteiger partial charge in [0.15, 0.2) is 5.65 Å². The highest BCUT2D eigenvalue weighted by atomic mass is 16.1. The van der Waals surface area contributed by atoms with E-state index in [1.165, 1.54) is 25.7 Å². The fourth-order valence-electron chi connectivity index (χ4n) is 3.38. The Morgan fingerprint density at radius 3 is 2.76 bits per heavy atom. The van der Waals surface area contributed by atoms with Crippen LogP contribution < -0.4 is 5.32 Å². The molecule has 0 bridgehead atoms. The van der Waals surface area contributed by atoms with Crippen LogP contribution >= 0.6 is 0 Å². The van der Waals surface area contributed by atoms with Crippen LogP contribution in [0.15, 0.2) is 12.3 Å². The number of likely N-dealkylation sites (N-methyl/N-ethyl adjacent to an activating group) is 1. The Morgan fingerprint density at radius 2 is 2.12 bits per heavy atom. The molecule has 0 spiro atoms. The van der Waals surface area contributed by atoms with Crippen LogP contribution in [0, 0.1) is 5.92 Å². The van der Waals surface area contributed by atoms with Crippen molar-refractivity contribution in [2.24, 2.45) is 5.92 Å². The van der Waals surface area contributed by atoms with Gasteiger partial charge in [-0.15, -0.1) is 0 Å². The number of fused-ring (bicyclic) bond motifs is 1. The number of rotatable bonds is 7. The molecule has 2 heterocycles. The Morgan fingerprint density at radius 1 is 1.36 bits per heavy atom. The zero-order valence-corrected chi connectivity index (χ0v) is 15.3. The minimum absolute atomic E-state index is 0.0187. The van der Waals surface area contributed by atoms with E-state index in [0.717, 1.165) is 28.8 Å². The largest absolute Gasteiger partial charge is 0.351 e. The first-order chi connectivity index (χ1) is 12.0. The average Bonchev–Trinajstić information content (AvgIpc) is 3.48. The standard InChI is InChI=1S/C19H27N5O/c1-12(13-4-5-13)24-18-16(11-21-24)15(10-17(22-18)14-6-7-14)19(25)20-8-9-23(2)3/h10-14H,4-9H2,1-3H3,(H,20,25). The van der Waals surface area contributed by atoms with Crippen molar-refractivity contribution in [3.63, 3.8) is 0 Å². The third-order valence-electron chi connectivity index (χ3n) is 5.36. The molecular formula is C19H27N5O. The summed E-state index contributed by atoms with van der Waals surface area (Å²) in [7, 11) is 4.01. The van der Waals surface area contributed by atoms with Gasteiger partial charge in [0.2, 0.25) is 0 Å². The monoisotopic (exact) mass is 341 g/mol. The highest BCUT2D eigenvalue weighted by Gasteiger charge is 2.32. The molecule has 2 aromatic heterocycles. The summed E-state index contributed by atoms with van der Waals surface area (Å²) in [4.78, 5) is 19.7. The number of amides is 1. The van der Waals surface area contributed by atoms with Crippen molar-refractivity contribution in [2.45, 2.75) is 44.6 Å². The molecule has 25 heavy (non-hydrogen) atoms. The summed E-state index contributed by atoms with van der Waals surface area (Å²) in [6.07, 6.45) is 6.70. The summed E-state index contributed by atoms with van der Waals surface area (Å²) in [5, 5.41) is 8.51. The second-order valence-corrected chi connectivity index (χ2v) is 7.83. The Bertz CT molecular complexity index is 788. The minimum Gasteiger partial charge on any atom is -0.351 e. The lowest BCUT2D eigenvalue weighted by atomic mass is 10.1. The lowest BCUT2D eigenvalue weighted by Crippen LogP contribution is -2.31. The number of hydrogen-bond acceptors (Lipinski definition) is 4. The van der Waals surface area contributed by atoms with Crippen LogP contribution in [0.4, 0.5) is 0 Å². The second-order valence-electron chi connectivity index (χ2n) is 7.83. The van der Waals surface area contributed by atoms with Crippen molar-refractivity contribution in [3.8, 4) is 0 Å². The summed E-state index contributed by atoms with van der Waals surface area (Å²) < 4.78 is 2.04. The van der Waals surface area contributed by atoms with Gasteiger partial charge in [0.25, 0.3) is 5.91 Å². The molecule has 2 aromatic rings. The highest BCUT2D eigenvalue weighted by Crippen LogP contribution is 2.42. The van der Waals surface area contributed by atoms with Crippen LogP contribution in [0.1, 0.15) is 60.6 Å². The normalized spacial score (nSPS) is 18.7. The topological polar surface area (TPSA) is 63.1 Å². The van der Waals surface area contributed by atoms with Gasteiger partial charge in [-0.3, -0.25) is 4.79 Å². The van der Waals surface area contributed by atoms with Crippen LogP contribution in [0.3, 0.4) is 0 Å². The van der Waals surface area contributed by atoms with Gasteiger partial charge in [0, 0.05) is 24.7 Å². The Balaban J connectivity index is 1.68. The number of nitrogens with zero attached hydrogens (tertiary/aromatic N) is 4. The number of aromatic nitrogens is 3. The molecule has 0 aromatic carbocycles. The van der Waals surface area contributed by atoms with Gasteiger partial charge in [0.05, 0.1) is 23.2 Å². The van der Waals surface area contributed by atoms with Gasteiger partial charge >= 0.3 is 0 Å². The molecule has 2 saturated carbocycles. The van der Waals surface area contributed by atoms with Gasteiger partial charge in [-0.25, -0.2) is 9.67 Å². The van der Waals surface area contributed by atoms with Gasteiger partial charge in [0.1, 0.15) is 0 Å². The molecule has 1 unspecified atom stereocenters. The zero-order chi connectivity index (χ0) is 17.6. The fraction of sp³-hybridized carbons (Fsp3) is 0.632. The van der Waals surface area contributed by atoms with Crippen molar-refractivity contribution in [1.82, 2.24) is 25.0 Å². The first-order valence-electron chi connectivity index (χ1n) is 9.35. The molecule has 2 fully saturated rings. The minimum atomic E-state index is -0.0187. The summed E-state index contributed by atoms with van der Waals surface area (Å²) >= 11 is 0. The van der Waals surface area contributed by atoms with Gasteiger partial charge in [-0.1, -0.05) is 0 Å². The van der Waals surface area contributed by atoms with Crippen molar-refractivity contribution in [3.05, 3.63) is 23.5 Å². The quantitative estimate of drug-likeness (QED) is 0.841. The maximum Gasteiger partial charge on any atom is 0.252 e. The number of carbonyl (C=O) groups excluding carboxylic acids is 1. The summed E-state index contributed by atoms with van der Waals surface area (Å²) in [5.41, 5.74) is 2.65. The maximum atomic E-state index is 12.8. The van der Waals surface area contributed by atoms with Crippen molar-refractivity contribution in [1.29, 1.82) is 0 Å². The highest BCUT2D eigenvalue weighted by molar-refractivity contribution is 6.05. The van der Waals surface area contributed by atoms with Crippen LogP contribution in [0.2, 0.25) is 0 Å². The van der Waals surface area contributed by atoms with E-state index in [1.54, 1.807) is 0 Å². The van der Waals surface area contributed by atoms with E-state index in [1.807, 2.05) is 31.0 Å². The lowest BCUT2D eigenvalue weighted by Gasteiger charge is -2.14. The van der Waals surface area contributed by atoms with E-state index in [9.17, 15) is 4.79 Å². The predicted octanol–water partition coefficient (Wildman–Crippen LogP) is 2.57. The van der Waals surface area contributed by atoms with E-state index in [4.69, 9.17) is 4.98 Å². The smallest absolute Gasteiger partial charge is 0.252 e. The molecule has 2 aliphatic carbocycles. The van der Waals surface area contributed by atoms with Crippen LogP contribution in [0.5, 0.6) is 0 Å². The lowest BCUT2D eigenvalue weighted by molar-refractivity contribution is 0.0952. The van der Waals surface area contributed by atoms with E-state index in [-0.39, 0.29) is 5.91 Å². The fourth-order valence-corrected chi connectivity index (χ4v) is 3.38. The maximum absolute atomic E-state index is 12.8. The number of pyridine rings is 1. The second kappa shape index (κ2) is 6.41. The number of nitrogens with one attached hydrogen (secondary N) is 1. The van der Waals surface area contributed by atoms with E-state index in [0.29, 0.717) is 24.4 Å². The molecule has 0 radical (unpaired) electrons. The van der Waals surface area contributed by atoms with E-state index in [2.05, 4.69) is 22.2 Å². The van der Waals surface area contributed by atoms with Crippen LogP contribution in [-0.4, -0.2) is 52.8 Å². The molecule has 4 rings (SSSR count). The van der Waals surface area contributed by atoms with Crippen LogP contribution in [-0.2, 0) is 0 Å². The van der Waals surface area contributed by atoms with E-state index >= 15 is 0 Å². The van der Waals surface area contributed by atoms with E-state index < -0.39 is 0 Å². The molecule has 1 amide bonds. The average molecular weight is 341 g/mol.